The number of carbonyl (C=O) groups excluding carboxylic acids is 2. The largest absolute Gasteiger partial charge is 0.462 e. The highest BCUT2D eigenvalue weighted by atomic mass is 16.5. The molecule has 0 aliphatic carbocycles. The first-order valence-corrected chi connectivity index (χ1v) is 5.80. The zero-order valence-corrected chi connectivity index (χ0v) is 10.8. The Hall–Kier alpha value is -2.10. The summed E-state index contributed by atoms with van der Waals surface area (Å²) < 4.78 is 4.93. The molecule has 18 heavy (non-hydrogen) atoms. The zero-order valence-electron chi connectivity index (χ0n) is 10.8. The molecule has 1 N–H and O–H groups in total. The summed E-state index contributed by atoms with van der Waals surface area (Å²) in [6, 6.07) is 5.03. The lowest BCUT2D eigenvalue weighted by molar-refractivity contribution is -0.114. The van der Waals surface area contributed by atoms with Crippen LogP contribution in [-0.4, -0.2) is 18.5 Å². The van der Waals surface area contributed by atoms with Crippen LogP contribution in [0.1, 0.15) is 36.7 Å². The lowest BCUT2D eigenvalue weighted by Gasteiger charge is -2.09. The van der Waals surface area contributed by atoms with Gasteiger partial charge in [0.25, 0.3) is 0 Å². The van der Waals surface area contributed by atoms with E-state index in [1.807, 2.05) is 19.1 Å². The van der Waals surface area contributed by atoms with Gasteiger partial charge in [0, 0.05) is 12.6 Å². The highest BCUT2D eigenvalue weighted by Gasteiger charge is 2.09. The van der Waals surface area contributed by atoms with Gasteiger partial charge in [-0.05, 0) is 37.6 Å². The van der Waals surface area contributed by atoms with Crippen molar-refractivity contribution in [2.45, 2.75) is 20.8 Å². The third-order valence-electron chi connectivity index (χ3n) is 2.22. The number of hydrogen-bond donors (Lipinski definition) is 1. The van der Waals surface area contributed by atoms with Crippen molar-refractivity contribution >= 4 is 23.6 Å². The van der Waals surface area contributed by atoms with E-state index in [0.717, 1.165) is 5.56 Å². The van der Waals surface area contributed by atoms with Crippen LogP contribution < -0.4 is 5.32 Å². The van der Waals surface area contributed by atoms with E-state index < -0.39 is 0 Å². The molecule has 0 saturated heterocycles. The first kappa shape index (κ1) is 14.0. The zero-order chi connectivity index (χ0) is 13.5. The summed E-state index contributed by atoms with van der Waals surface area (Å²) in [5.74, 6) is -0.512. The van der Waals surface area contributed by atoms with Crippen molar-refractivity contribution < 1.29 is 14.3 Å². The van der Waals surface area contributed by atoms with Gasteiger partial charge in [0.05, 0.1) is 12.2 Å². The fourth-order valence-electron chi connectivity index (χ4n) is 1.53. The molecule has 0 bridgehead atoms. The molecule has 0 heterocycles. The van der Waals surface area contributed by atoms with Gasteiger partial charge in [0.15, 0.2) is 0 Å². The van der Waals surface area contributed by atoms with E-state index in [2.05, 4.69) is 5.32 Å². The molecule has 96 valence electrons. The second kappa shape index (κ2) is 6.59. The minimum atomic E-state index is -0.363. The Balaban J connectivity index is 3.10. The Morgan fingerprint density at radius 2 is 2.11 bits per heavy atom. The van der Waals surface area contributed by atoms with Crippen LogP contribution in [0.4, 0.5) is 5.69 Å². The average molecular weight is 247 g/mol. The van der Waals surface area contributed by atoms with E-state index in [0.29, 0.717) is 17.9 Å². The average Bonchev–Trinajstić information content (AvgIpc) is 2.31. The molecule has 0 atom stereocenters. The monoisotopic (exact) mass is 247 g/mol. The molecule has 1 aromatic rings. The number of allylic oxidation sites excluding steroid dienone is 1. The number of hydrogen-bond acceptors (Lipinski definition) is 3. The molecule has 0 aliphatic rings. The van der Waals surface area contributed by atoms with E-state index in [1.165, 1.54) is 6.92 Å². The molecule has 1 aromatic carbocycles. The molecule has 1 amide bonds. The Kier molecular flexibility index (Phi) is 5.11. The molecular weight excluding hydrogens is 230 g/mol. The summed E-state index contributed by atoms with van der Waals surface area (Å²) >= 11 is 0. The summed E-state index contributed by atoms with van der Waals surface area (Å²) in [7, 11) is 0. The molecule has 0 saturated carbocycles. The van der Waals surface area contributed by atoms with Crippen molar-refractivity contribution in [3.05, 3.63) is 35.4 Å². The van der Waals surface area contributed by atoms with Crippen LogP contribution in [0.15, 0.2) is 24.3 Å². The van der Waals surface area contributed by atoms with Crippen molar-refractivity contribution in [2.24, 2.45) is 0 Å². The highest BCUT2D eigenvalue weighted by molar-refractivity contribution is 5.95. The van der Waals surface area contributed by atoms with Crippen molar-refractivity contribution in [3.8, 4) is 0 Å². The SMILES string of the molecule is CC=Cc1cc(C(=O)OCC)ccc1NC(C)=O. The van der Waals surface area contributed by atoms with Gasteiger partial charge in [0.1, 0.15) is 0 Å². The quantitative estimate of drug-likeness (QED) is 0.832. The maximum Gasteiger partial charge on any atom is 0.338 e. The van der Waals surface area contributed by atoms with Gasteiger partial charge in [-0.1, -0.05) is 12.2 Å². The maximum absolute atomic E-state index is 11.6. The minimum absolute atomic E-state index is 0.148. The van der Waals surface area contributed by atoms with Gasteiger partial charge in [-0.2, -0.15) is 0 Å². The number of esters is 1. The lowest BCUT2D eigenvalue weighted by atomic mass is 10.1. The molecule has 4 nitrogen and oxygen atoms in total. The van der Waals surface area contributed by atoms with Crippen molar-refractivity contribution in [2.75, 3.05) is 11.9 Å². The van der Waals surface area contributed by atoms with Crippen LogP contribution >= 0.6 is 0 Å². The lowest BCUT2D eigenvalue weighted by Crippen LogP contribution is -2.09. The van der Waals surface area contributed by atoms with Gasteiger partial charge < -0.3 is 10.1 Å². The second-order valence-electron chi connectivity index (χ2n) is 3.70. The van der Waals surface area contributed by atoms with Gasteiger partial charge in [0.2, 0.25) is 5.91 Å². The van der Waals surface area contributed by atoms with E-state index in [9.17, 15) is 9.59 Å². The molecule has 0 aromatic heterocycles. The molecule has 1 rings (SSSR count). The Labute approximate surface area is 107 Å². The van der Waals surface area contributed by atoms with E-state index in [4.69, 9.17) is 4.74 Å². The van der Waals surface area contributed by atoms with Crippen LogP contribution in [0.3, 0.4) is 0 Å². The van der Waals surface area contributed by atoms with Crippen LogP contribution in [0.25, 0.3) is 6.08 Å². The topological polar surface area (TPSA) is 55.4 Å². The van der Waals surface area contributed by atoms with E-state index in [-0.39, 0.29) is 11.9 Å². The van der Waals surface area contributed by atoms with E-state index >= 15 is 0 Å². The molecule has 0 unspecified atom stereocenters. The predicted octanol–water partition coefficient (Wildman–Crippen LogP) is 2.85. The summed E-state index contributed by atoms with van der Waals surface area (Å²) in [4.78, 5) is 22.7. The number of ether oxygens (including phenoxy) is 1. The Morgan fingerprint density at radius 1 is 1.39 bits per heavy atom. The number of carbonyl (C=O) groups is 2. The summed E-state index contributed by atoms with van der Waals surface area (Å²) in [5.41, 5.74) is 1.92. The van der Waals surface area contributed by atoms with Crippen LogP contribution in [0.5, 0.6) is 0 Å². The number of amides is 1. The number of anilines is 1. The second-order valence-corrected chi connectivity index (χ2v) is 3.70. The molecule has 0 radical (unpaired) electrons. The van der Waals surface area contributed by atoms with E-state index in [1.54, 1.807) is 25.1 Å². The van der Waals surface area contributed by atoms with Gasteiger partial charge in [-0.15, -0.1) is 0 Å². The third kappa shape index (κ3) is 3.73. The number of benzene rings is 1. The molecule has 0 spiro atoms. The number of rotatable bonds is 4. The fourth-order valence-corrected chi connectivity index (χ4v) is 1.53. The van der Waals surface area contributed by atoms with Crippen LogP contribution in [0, 0.1) is 0 Å². The normalized spacial score (nSPS) is 10.4. The summed E-state index contributed by atoms with van der Waals surface area (Å²) in [6.07, 6.45) is 3.67. The molecule has 0 aliphatic heterocycles. The smallest absolute Gasteiger partial charge is 0.338 e. The van der Waals surface area contributed by atoms with Crippen molar-refractivity contribution in [1.29, 1.82) is 0 Å². The maximum atomic E-state index is 11.6. The summed E-state index contributed by atoms with van der Waals surface area (Å²) in [5, 5.41) is 2.71. The Bertz CT molecular complexity index is 478. The highest BCUT2D eigenvalue weighted by Crippen LogP contribution is 2.20. The third-order valence-corrected chi connectivity index (χ3v) is 2.22. The Morgan fingerprint density at radius 3 is 2.67 bits per heavy atom. The predicted molar refractivity (Wildman–Crippen MR) is 71.4 cm³/mol. The molecule has 0 fully saturated rings. The minimum Gasteiger partial charge on any atom is -0.462 e. The number of nitrogens with one attached hydrogen (secondary N) is 1. The van der Waals surface area contributed by atoms with Gasteiger partial charge >= 0.3 is 5.97 Å². The molecular formula is C14H17NO3. The molecule has 4 heteroatoms. The standard InChI is InChI=1S/C14H17NO3/c1-4-6-11-9-12(14(17)18-5-2)7-8-13(11)15-10(3)16/h4,6-9H,5H2,1-3H3,(H,15,16). The first-order valence-electron chi connectivity index (χ1n) is 5.80. The van der Waals surface area contributed by atoms with Gasteiger partial charge in [-0.3, -0.25) is 4.79 Å². The first-order chi connectivity index (χ1) is 8.58. The van der Waals surface area contributed by atoms with Crippen LogP contribution in [0.2, 0.25) is 0 Å². The van der Waals surface area contributed by atoms with Crippen molar-refractivity contribution in [1.82, 2.24) is 0 Å². The van der Waals surface area contributed by atoms with Gasteiger partial charge in [-0.25, -0.2) is 4.79 Å². The fraction of sp³-hybridized carbons (Fsp3) is 0.286. The van der Waals surface area contributed by atoms with Crippen molar-refractivity contribution in [3.63, 3.8) is 0 Å². The van der Waals surface area contributed by atoms with Crippen LogP contribution in [-0.2, 0) is 9.53 Å². The summed E-state index contributed by atoms with van der Waals surface area (Å²) in [6.45, 7) is 5.41.